The van der Waals surface area contributed by atoms with Crippen molar-refractivity contribution in [1.82, 2.24) is 9.80 Å². The second kappa shape index (κ2) is 10.9. The molecular formula is C17H34ClN3O2. The van der Waals surface area contributed by atoms with Gasteiger partial charge < -0.3 is 15.5 Å². The minimum Gasteiger partial charge on any atom is -0.344 e. The van der Waals surface area contributed by atoms with E-state index in [1.807, 2.05) is 14.0 Å². The van der Waals surface area contributed by atoms with Gasteiger partial charge >= 0.3 is 0 Å². The first-order valence-corrected chi connectivity index (χ1v) is 8.68. The van der Waals surface area contributed by atoms with Crippen LogP contribution in [0.25, 0.3) is 0 Å². The number of nitrogens with zero attached hydrogens (tertiary/aromatic N) is 2. The molecule has 0 aromatic heterocycles. The summed E-state index contributed by atoms with van der Waals surface area (Å²) in [6.45, 7) is 7.56. The van der Waals surface area contributed by atoms with Crippen molar-refractivity contribution in [3.63, 3.8) is 0 Å². The van der Waals surface area contributed by atoms with E-state index in [9.17, 15) is 9.59 Å². The lowest BCUT2D eigenvalue weighted by molar-refractivity contribution is -0.147. The highest BCUT2D eigenvalue weighted by Crippen LogP contribution is 2.20. The number of amides is 2. The first-order chi connectivity index (χ1) is 10.4. The van der Waals surface area contributed by atoms with Crippen molar-refractivity contribution < 1.29 is 9.59 Å². The molecule has 2 amide bonds. The van der Waals surface area contributed by atoms with Gasteiger partial charge in [0.05, 0.1) is 0 Å². The second-order valence-corrected chi connectivity index (χ2v) is 6.81. The molecule has 0 aromatic carbocycles. The molecule has 1 rings (SSSR count). The summed E-state index contributed by atoms with van der Waals surface area (Å²) >= 11 is 0. The molecule has 2 unspecified atom stereocenters. The van der Waals surface area contributed by atoms with Gasteiger partial charge in [-0.05, 0) is 38.0 Å². The Morgan fingerprint density at radius 1 is 1.30 bits per heavy atom. The van der Waals surface area contributed by atoms with Gasteiger partial charge in [-0.3, -0.25) is 9.59 Å². The van der Waals surface area contributed by atoms with E-state index < -0.39 is 0 Å². The second-order valence-electron chi connectivity index (χ2n) is 6.81. The summed E-state index contributed by atoms with van der Waals surface area (Å²) in [5.41, 5.74) is 6.06. The van der Waals surface area contributed by atoms with Crippen LogP contribution in [0.4, 0.5) is 0 Å². The van der Waals surface area contributed by atoms with Gasteiger partial charge in [0.1, 0.15) is 6.04 Å². The zero-order chi connectivity index (χ0) is 16.7. The zero-order valence-corrected chi connectivity index (χ0v) is 15.9. The normalized spacial score (nSPS) is 19.2. The maximum atomic E-state index is 12.7. The maximum Gasteiger partial charge on any atom is 0.245 e. The molecule has 0 saturated carbocycles. The van der Waals surface area contributed by atoms with E-state index in [2.05, 4.69) is 13.8 Å². The number of nitrogens with two attached hydrogens (primary N) is 1. The standard InChI is InChI=1S/C17H33N3O2.ClH/c1-5-8-16(21)20-11-7-6-9-15(20)17(22)19(4)12-10-14(18)13(2)3;/h13-15H,5-12,18H2,1-4H3;1H. The lowest BCUT2D eigenvalue weighted by Gasteiger charge is -2.37. The van der Waals surface area contributed by atoms with Gasteiger partial charge in [0, 0.05) is 32.6 Å². The Labute approximate surface area is 147 Å². The fourth-order valence-corrected chi connectivity index (χ4v) is 2.88. The summed E-state index contributed by atoms with van der Waals surface area (Å²) in [7, 11) is 1.83. The molecule has 1 aliphatic rings. The Morgan fingerprint density at radius 2 is 1.96 bits per heavy atom. The van der Waals surface area contributed by atoms with Gasteiger partial charge in [0.2, 0.25) is 11.8 Å². The number of hydrogen-bond acceptors (Lipinski definition) is 3. The summed E-state index contributed by atoms with van der Waals surface area (Å²) in [4.78, 5) is 28.5. The third-order valence-corrected chi connectivity index (χ3v) is 4.60. The van der Waals surface area contributed by atoms with Crippen LogP contribution in [0.3, 0.4) is 0 Å². The van der Waals surface area contributed by atoms with Crippen LogP contribution >= 0.6 is 12.4 Å². The lowest BCUT2D eigenvalue weighted by Crippen LogP contribution is -2.52. The fraction of sp³-hybridized carbons (Fsp3) is 0.882. The first kappa shape index (κ1) is 22.2. The van der Waals surface area contributed by atoms with Gasteiger partial charge in [-0.1, -0.05) is 20.8 Å². The summed E-state index contributed by atoms with van der Waals surface area (Å²) in [5, 5.41) is 0. The Morgan fingerprint density at radius 3 is 2.52 bits per heavy atom. The van der Waals surface area contributed by atoms with Gasteiger partial charge in [0.25, 0.3) is 0 Å². The molecular weight excluding hydrogens is 314 g/mol. The number of piperidine rings is 1. The van der Waals surface area contributed by atoms with Crippen molar-refractivity contribution in [3.05, 3.63) is 0 Å². The Bertz CT molecular complexity index is 377. The molecule has 136 valence electrons. The van der Waals surface area contributed by atoms with Crippen LogP contribution in [0, 0.1) is 5.92 Å². The SMILES string of the molecule is CCCC(=O)N1CCCCC1C(=O)N(C)CCC(N)C(C)C.Cl. The topological polar surface area (TPSA) is 66.6 Å². The average molecular weight is 348 g/mol. The number of hydrogen-bond donors (Lipinski definition) is 1. The van der Waals surface area contributed by atoms with Gasteiger partial charge in [0.15, 0.2) is 0 Å². The van der Waals surface area contributed by atoms with Crippen molar-refractivity contribution in [2.75, 3.05) is 20.1 Å². The van der Waals surface area contributed by atoms with Crippen molar-refractivity contribution in [1.29, 1.82) is 0 Å². The van der Waals surface area contributed by atoms with Crippen LogP contribution in [-0.4, -0.2) is 53.8 Å². The number of rotatable bonds is 7. The van der Waals surface area contributed by atoms with Gasteiger partial charge in [-0.15, -0.1) is 12.4 Å². The molecule has 1 aliphatic heterocycles. The monoisotopic (exact) mass is 347 g/mol. The number of likely N-dealkylation sites (tertiary alicyclic amines) is 1. The minimum atomic E-state index is -0.270. The van der Waals surface area contributed by atoms with Crippen LogP contribution in [0.2, 0.25) is 0 Å². The predicted octanol–water partition coefficient (Wildman–Crippen LogP) is 2.42. The highest BCUT2D eigenvalue weighted by atomic mass is 35.5. The lowest BCUT2D eigenvalue weighted by atomic mass is 9.99. The molecule has 1 saturated heterocycles. The van der Waals surface area contributed by atoms with E-state index in [4.69, 9.17) is 5.73 Å². The molecule has 0 bridgehead atoms. The van der Waals surface area contributed by atoms with E-state index in [1.165, 1.54) is 0 Å². The zero-order valence-electron chi connectivity index (χ0n) is 15.1. The largest absolute Gasteiger partial charge is 0.344 e. The van der Waals surface area contributed by atoms with Crippen LogP contribution < -0.4 is 5.73 Å². The molecule has 0 aliphatic carbocycles. The van der Waals surface area contributed by atoms with Crippen molar-refractivity contribution in [2.24, 2.45) is 11.7 Å². The van der Waals surface area contributed by atoms with E-state index >= 15 is 0 Å². The molecule has 0 aromatic rings. The molecule has 2 N–H and O–H groups in total. The van der Waals surface area contributed by atoms with Crippen molar-refractivity contribution in [3.8, 4) is 0 Å². The third-order valence-electron chi connectivity index (χ3n) is 4.60. The first-order valence-electron chi connectivity index (χ1n) is 8.68. The van der Waals surface area contributed by atoms with E-state index in [-0.39, 0.29) is 36.3 Å². The summed E-state index contributed by atoms with van der Waals surface area (Å²) in [5.74, 6) is 0.605. The fourth-order valence-electron chi connectivity index (χ4n) is 2.88. The molecule has 23 heavy (non-hydrogen) atoms. The molecule has 0 radical (unpaired) electrons. The quantitative estimate of drug-likeness (QED) is 0.769. The molecule has 2 atom stereocenters. The van der Waals surface area contributed by atoms with Crippen LogP contribution in [0.5, 0.6) is 0 Å². The highest BCUT2D eigenvalue weighted by molar-refractivity contribution is 5.87. The van der Waals surface area contributed by atoms with E-state index in [1.54, 1.807) is 9.80 Å². The van der Waals surface area contributed by atoms with Gasteiger partial charge in [-0.2, -0.15) is 0 Å². The average Bonchev–Trinajstić information content (AvgIpc) is 2.51. The number of carbonyl (C=O) groups is 2. The molecule has 5 nitrogen and oxygen atoms in total. The smallest absolute Gasteiger partial charge is 0.245 e. The van der Waals surface area contributed by atoms with E-state index in [0.29, 0.717) is 25.4 Å². The Kier molecular flexibility index (Phi) is 10.5. The number of halogens is 1. The predicted molar refractivity (Wildman–Crippen MR) is 96.6 cm³/mol. The van der Waals surface area contributed by atoms with Crippen LogP contribution in [0.15, 0.2) is 0 Å². The summed E-state index contributed by atoms with van der Waals surface area (Å²) in [6, 6.07) is -0.160. The van der Waals surface area contributed by atoms with Crippen LogP contribution in [-0.2, 0) is 9.59 Å². The minimum absolute atomic E-state index is 0. The molecule has 0 spiro atoms. The van der Waals surface area contributed by atoms with Crippen molar-refractivity contribution in [2.45, 2.75) is 71.4 Å². The summed E-state index contributed by atoms with van der Waals surface area (Å²) < 4.78 is 0. The Balaban J connectivity index is 0.00000484. The third kappa shape index (κ3) is 6.68. The number of likely N-dealkylation sites (N-methyl/N-ethyl adjacent to an activating group) is 1. The molecule has 1 heterocycles. The molecule has 1 fully saturated rings. The van der Waals surface area contributed by atoms with Crippen LogP contribution in [0.1, 0.15) is 59.3 Å². The van der Waals surface area contributed by atoms with E-state index in [0.717, 1.165) is 32.1 Å². The van der Waals surface area contributed by atoms with Gasteiger partial charge in [-0.25, -0.2) is 0 Å². The maximum absolute atomic E-state index is 12.7. The highest BCUT2D eigenvalue weighted by Gasteiger charge is 2.33. The van der Waals surface area contributed by atoms with Crippen molar-refractivity contribution >= 4 is 24.2 Å². The Hall–Kier alpha value is -0.810. The number of carbonyl (C=O) groups excluding carboxylic acids is 2. The molecule has 6 heteroatoms. The summed E-state index contributed by atoms with van der Waals surface area (Å²) in [6.07, 6.45) is 4.97.